The number of aromatic nitrogens is 1. The Labute approximate surface area is 359 Å². The molecule has 0 unspecified atom stereocenters. The summed E-state index contributed by atoms with van der Waals surface area (Å²) in [6, 6.07) is 75.5. The minimum absolute atomic E-state index is 0.381. The van der Waals surface area contributed by atoms with Crippen LogP contribution < -0.4 is 9.80 Å². The van der Waals surface area contributed by atoms with Crippen molar-refractivity contribution in [1.29, 1.82) is 0 Å². The van der Waals surface area contributed by atoms with Crippen LogP contribution in [0, 0.1) is 17.8 Å². The van der Waals surface area contributed by atoms with Crippen molar-refractivity contribution in [3.8, 4) is 16.8 Å². The van der Waals surface area contributed by atoms with Crippen molar-refractivity contribution in [3.63, 3.8) is 0 Å². The van der Waals surface area contributed by atoms with Crippen LogP contribution in [0.5, 0.6) is 0 Å². The summed E-state index contributed by atoms with van der Waals surface area (Å²) in [4.78, 5) is 4.69. The predicted molar refractivity (Wildman–Crippen MR) is 255 cm³/mol. The number of fused-ring (bicyclic) bond motifs is 3. The SMILES string of the molecule is c1ccc(N(c2ccccc2)c2cccc(N(c3ccccc3)c3cccc(-c4ccc(-n5c6ccccc6c6cc(C78CC9CC(CC(C9)C7)C8)ccc65)cc4)c3)c2)cc1. The Hall–Kier alpha value is -6.84. The molecule has 0 saturated heterocycles. The lowest BCUT2D eigenvalue weighted by Crippen LogP contribution is -2.48. The highest BCUT2D eigenvalue weighted by Gasteiger charge is 2.51. The van der Waals surface area contributed by atoms with Gasteiger partial charge in [-0.15, -0.1) is 0 Å². The van der Waals surface area contributed by atoms with Gasteiger partial charge in [0.15, 0.2) is 0 Å². The summed E-state index contributed by atoms with van der Waals surface area (Å²) in [7, 11) is 0. The van der Waals surface area contributed by atoms with Crippen molar-refractivity contribution in [2.75, 3.05) is 9.80 Å². The van der Waals surface area contributed by atoms with Gasteiger partial charge < -0.3 is 14.4 Å². The highest BCUT2D eigenvalue weighted by Crippen LogP contribution is 2.61. The molecule has 13 rings (SSSR count). The second-order valence-electron chi connectivity index (χ2n) is 18.1. The molecule has 1 heterocycles. The standard InChI is InChI=1S/C58H49N3/c1-4-15-47(16-5-1)59(48-17-6-2-7-18-48)52-22-13-23-53(37-52)60(49-19-8-3-9-20-49)51-21-12-14-45(35-51)44-26-29-50(30-27-44)61-56-25-11-10-24-54(56)55-36-46(28-31-57(55)61)58-38-41-32-42(39-58)34-43(33-41)40-58/h1-31,35-37,41-43H,32-34,38-40H2. The smallest absolute Gasteiger partial charge is 0.0541 e. The van der Waals surface area contributed by atoms with Crippen LogP contribution in [0.4, 0.5) is 34.1 Å². The third-order valence-corrected chi connectivity index (χ3v) is 14.3. The van der Waals surface area contributed by atoms with Gasteiger partial charge in [0.2, 0.25) is 0 Å². The molecule has 0 aliphatic heterocycles. The van der Waals surface area contributed by atoms with E-state index in [9.17, 15) is 0 Å². The number of para-hydroxylation sites is 4. The number of anilines is 6. The second kappa shape index (κ2) is 14.7. The van der Waals surface area contributed by atoms with E-state index < -0.39 is 0 Å². The molecular formula is C58H49N3. The van der Waals surface area contributed by atoms with E-state index in [0.717, 1.165) is 51.9 Å². The van der Waals surface area contributed by atoms with Crippen LogP contribution in [0.3, 0.4) is 0 Å². The average molecular weight is 788 g/mol. The molecule has 4 aliphatic rings. The van der Waals surface area contributed by atoms with Crippen LogP contribution in [0.1, 0.15) is 44.1 Å². The monoisotopic (exact) mass is 787 g/mol. The molecule has 0 atom stereocenters. The Morgan fingerprint density at radius 2 is 0.836 bits per heavy atom. The quantitative estimate of drug-likeness (QED) is 0.144. The van der Waals surface area contributed by atoms with Gasteiger partial charge >= 0.3 is 0 Å². The molecule has 3 heteroatoms. The Balaban J connectivity index is 0.902. The van der Waals surface area contributed by atoms with E-state index in [0.29, 0.717) is 5.41 Å². The lowest BCUT2D eigenvalue weighted by Gasteiger charge is -2.57. The molecule has 4 fully saturated rings. The third-order valence-electron chi connectivity index (χ3n) is 14.3. The van der Waals surface area contributed by atoms with E-state index in [1.807, 2.05) is 0 Å². The zero-order valence-corrected chi connectivity index (χ0v) is 34.4. The summed E-state index contributed by atoms with van der Waals surface area (Å²) < 4.78 is 2.48. The molecule has 4 aliphatic carbocycles. The maximum Gasteiger partial charge on any atom is 0.0541 e. The van der Waals surface area contributed by atoms with Gasteiger partial charge in [0.25, 0.3) is 0 Å². The van der Waals surface area contributed by atoms with E-state index in [1.54, 1.807) is 5.56 Å². The topological polar surface area (TPSA) is 11.4 Å². The largest absolute Gasteiger partial charge is 0.310 e. The lowest BCUT2D eigenvalue weighted by atomic mass is 9.48. The number of rotatable bonds is 9. The first-order valence-electron chi connectivity index (χ1n) is 22.3. The van der Waals surface area contributed by atoms with Crippen molar-refractivity contribution < 1.29 is 0 Å². The molecule has 3 nitrogen and oxygen atoms in total. The summed E-state index contributed by atoms with van der Waals surface area (Å²) in [5.74, 6) is 2.81. The van der Waals surface area contributed by atoms with Crippen LogP contribution in [0.2, 0.25) is 0 Å². The molecule has 8 aromatic carbocycles. The maximum absolute atomic E-state index is 2.59. The van der Waals surface area contributed by atoms with Gasteiger partial charge in [0.05, 0.1) is 11.0 Å². The third kappa shape index (κ3) is 6.34. The van der Waals surface area contributed by atoms with Gasteiger partial charge in [-0.05, 0) is 175 Å². The van der Waals surface area contributed by atoms with Crippen molar-refractivity contribution in [2.45, 2.75) is 43.9 Å². The molecule has 0 N–H and O–H groups in total. The van der Waals surface area contributed by atoms with E-state index in [4.69, 9.17) is 0 Å². The molecule has 0 amide bonds. The molecule has 0 radical (unpaired) electrons. The summed E-state index contributed by atoms with van der Waals surface area (Å²) in [5.41, 5.74) is 14.7. The summed E-state index contributed by atoms with van der Waals surface area (Å²) >= 11 is 0. The fraction of sp³-hybridized carbons (Fsp3) is 0.172. The van der Waals surface area contributed by atoms with Crippen LogP contribution in [-0.4, -0.2) is 4.57 Å². The predicted octanol–water partition coefficient (Wildman–Crippen LogP) is 15.9. The van der Waals surface area contributed by atoms with Gasteiger partial charge in [0.1, 0.15) is 0 Å². The first kappa shape index (κ1) is 36.0. The highest BCUT2D eigenvalue weighted by atomic mass is 15.2. The number of benzene rings is 8. The van der Waals surface area contributed by atoms with E-state index >= 15 is 0 Å². The molecule has 1 aromatic heterocycles. The maximum atomic E-state index is 2.59. The first-order valence-corrected chi connectivity index (χ1v) is 22.3. The van der Waals surface area contributed by atoms with Crippen molar-refractivity contribution in [3.05, 3.63) is 212 Å². The van der Waals surface area contributed by atoms with E-state index in [2.05, 4.69) is 221 Å². The minimum atomic E-state index is 0.381. The Morgan fingerprint density at radius 1 is 0.361 bits per heavy atom. The molecule has 4 bridgehead atoms. The summed E-state index contributed by atoms with van der Waals surface area (Å²) in [6.45, 7) is 0. The zero-order chi connectivity index (χ0) is 40.3. The Morgan fingerprint density at radius 3 is 1.43 bits per heavy atom. The molecule has 9 aromatic rings. The van der Waals surface area contributed by atoms with Crippen LogP contribution in [0.15, 0.2) is 206 Å². The van der Waals surface area contributed by atoms with Crippen LogP contribution >= 0.6 is 0 Å². The first-order chi connectivity index (χ1) is 30.2. The van der Waals surface area contributed by atoms with Gasteiger partial charge in [-0.2, -0.15) is 0 Å². The highest BCUT2D eigenvalue weighted by molar-refractivity contribution is 6.09. The van der Waals surface area contributed by atoms with Crippen molar-refractivity contribution in [2.24, 2.45) is 17.8 Å². The summed E-state index contributed by atoms with van der Waals surface area (Å²) in [5, 5.41) is 2.74. The molecule has 61 heavy (non-hydrogen) atoms. The summed E-state index contributed by atoms with van der Waals surface area (Å²) in [6.07, 6.45) is 8.60. The molecule has 4 saturated carbocycles. The Bertz CT molecular complexity index is 2930. The van der Waals surface area contributed by atoms with Crippen molar-refractivity contribution >= 4 is 55.9 Å². The second-order valence-corrected chi connectivity index (χ2v) is 18.1. The van der Waals surface area contributed by atoms with Crippen molar-refractivity contribution in [1.82, 2.24) is 4.57 Å². The number of hydrogen-bond acceptors (Lipinski definition) is 2. The molecular weight excluding hydrogens is 739 g/mol. The molecule has 0 spiro atoms. The normalized spacial score (nSPS) is 20.3. The van der Waals surface area contributed by atoms with Crippen LogP contribution in [0.25, 0.3) is 38.6 Å². The Kier molecular flexibility index (Phi) is 8.69. The number of nitrogens with zero attached hydrogens (tertiary/aromatic N) is 3. The van der Waals surface area contributed by atoms with E-state index in [-0.39, 0.29) is 0 Å². The zero-order valence-electron chi connectivity index (χ0n) is 34.4. The average Bonchev–Trinajstić information content (AvgIpc) is 3.64. The van der Waals surface area contributed by atoms with Gasteiger partial charge in [-0.3, -0.25) is 0 Å². The fourth-order valence-corrected chi connectivity index (χ4v) is 12.1. The van der Waals surface area contributed by atoms with Gasteiger partial charge in [-0.1, -0.05) is 109 Å². The van der Waals surface area contributed by atoms with Gasteiger partial charge in [-0.25, -0.2) is 0 Å². The number of hydrogen-bond donors (Lipinski definition) is 0. The van der Waals surface area contributed by atoms with Crippen LogP contribution in [-0.2, 0) is 5.41 Å². The lowest BCUT2D eigenvalue weighted by molar-refractivity contribution is -0.00512. The molecule has 296 valence electrons. The van der Waals surface area contributed by atoms with E-state index in [1.165, 1.54) is 77.1 Å². The van der Waals surface area contributed by atoms with Gasteiger partial charge in [0, 0.05) is 50.6 Å². The minimum Gasteiger partial charge on any atom is -0.310 e. The fourth-order valence-electron chi connectivity index (χ4n) is 12.1.